The van der Waals surface area contributed by atoms with Gasteiger partial charge in [0.25, 0.3) is 0 Å². The summed E-state index contributed by atoms with van der Waals surface area (Å²) in [5.74, 6) is -1.06. The lowest BCUT2D eigenvalue weighted by atomic mass is 9.89. The molecule has 1 saturated carbocycles. The number of thiophene rings is 1. The van der Waals surface area contributed by atoms with Crippen LogP contribution in [-0.2, 0) is 11.2 Å². The molecular weight excluding hydrogens is 376 g/mol. The summed E-state index contributed by atoms with van der Waals surface area (Å²) >= 11 is 1.74. The number of hydrogen-bond acceptors (Lipinski definition) is 5. The molecule has 28 heavy (non-hydrogen) atoms. The summed E-state index contributed by atoms with van der Waals surface area (Å²) in [5.41, 5.74) is 0. The SMILES string of the molecule is Cc1ccc(CCC(O)/C=C/[C@H]2C(O)CC(O)[C@@H]2C/C=C\CCCC(=O)O)s1. The first-order chi connectivity index (χ1) is 13.4. The molecule has 0 saturated heterocycles. The minimum Gasteiger partial charge on any atom is -0.481 e. The molecule has 0 radical (unpaired) electrons. The zero-order chi connectivity index (χ0) is 20.5. The summed E-state index contributed by atoms with van der Waals surface area (Å²) < 4.78 is 0. The van der Waals surface area contributed by atoms with Gasteiger partial charge >= 0.3 is 5.97 Å². The van der Waals surface area contributed by atoms with Gasteiger partial charge in [0.1, 0.15) is 0 Å². The number of hydrogen-bond donors (Lipinski definition) is 4. The molecule has 1 aliphatic rings. The van der Waals surface area contributed by atoms with Gasteiger partial charge in [-0.2, -0.15) is 0 Å². The summed E-state index contributed by atoms with van der Waals surface area (Å²) in [6, 6.07) is 4.17. The lowest BCUT2D eigenvalue weighted by Gasteiger charge is -2.19. The first-order valence-corrected chi connectivity index (χ1v) is 10.8. The Hall–Kier alpha value is -1.47. The highest BCUT2D eigenvalue weighted by atomic mass is 32.1. The zero-order valence-electron chi connectivity index (χ0n) is 16.4. The average Bonchev–Trinajstić information content (AvgIpc) is 3.16. The lowest BCUT2D eigenvalue weighted by Crippen LogP contribution is -2.20. The molecule has 4 N–H and O–H groups in total. The molecule has 1 aromatic rings. The van der Waals surface area contributed by atoms with E-state index in [0.717, 1.165) is 6.42 Å². The smallest absolute Gasteiger partial charge is 0.303 e. The molecule has 0 spiro atoms. The van der Waals surface area contributed by atoms with Gasteiger partial charge in [-0.1, -0.05) is 24.3 Å². The number of carbonyl (C=O) groups is 1. The van der Waals surface area contributed by atoms with Gasteiger partial charge in [-0.05, 0) is 57.1 Å². The predicted octanol–water partition coefficient (Wildman–Crippen LogP) is 3.47. The largest absolute Gasteiger partial charge is 0.481 e. The molecule has 0 aromatic carbocycles. The fourth-order valence-corrected chi connectivity index (χ4v) is 4.62. The maximum atomic E-state index is 10.5. The molecule has 1 fully saturated rings. The third-order valence-corrected chi connectivity index (χ3v) is 6.35. The highest BCUT2D eigenvalue weighted by molar-refractivity contribution is 7.11. The normalized spacial score (nSPS) is 26.4. The third kappa shape index (κ3) is 7.51. The fourth-order valence-electron chi connectivity index (χ4n) is 3.71. The Labute approximate surface area is 171 Å². The summed E-state index contributed by atoms with van der Waals surface area (Å²) in [6.45, 7) is 2.07. The van der Waals surface area contributed by atoms with E-state index in [1.54, 1.807) is 17.4 Å². The molecule has 3 unspecified atom stereocenters. The van der Waals surface area contributed by atoms with E-state index in [0.29, 0.717) is 32.1 Å². The van der Waals surface area contributed by atoms with Crippen LogP contribution >= 0.6 is 11.3 Å². The number of rotatable bonds is 11. The Balaban J connectivity index is 1.81. The number of aliphatic carboxylic acids is 1. The molecule has 0 bridgehead atoms. The number of allylic oxidation sites excluding steroid dienone is 2. The van der Waals surface area contributed by atoms with Crippen LogP contribution in [0.15, 0.2) is 36.4 Å². The van der Waals surface area contributed by atoms with Gasteiger partial charge in [0.15, 0.2) is 0 Å². The predicted molar refractivity (Wildman–Crippen MR) is 111 cm³/mol. The zero-order valence-corrected chi connectivity index (χ0v) is 17.2. The number of carboxylic acids is 1. The first-order valence-electron chi connectivity index (χ1n) is 10.0. The van der Waals surface area contributed by atoms with Gasteiger partial charge in [0.05, 0.1) is 18.3 Å². The Morgan fingerprint density at radius 1 is 1.29 bits per heavy atom. The van der Waals surface area contributed by atoms with Gasteiger partial charge in [-0.25, -0.2) is 0 Å². The van der Waals surface area contributed by atoms with Crippen molar-refractivity contribution in [3.63, 3.8) is 0 Å². The van der Waals surface area contributed by atoms with Gasteiger partial charge in [-0.15, -0.1) is 11.3 Å². The second kappa shape index (κ2) is 11.5. The van der Waals surface area contributed by atoms with Crippen LogP contribution in [0, 0.1) is 18.8 Å². The number of carboxylic acid groups (broad SMARTS) is 1. The van der Waals surface area contributed by atoms with Gasteiger partial charge in [-0.3, -0.25) is 4.79 Å². The van der Waals surface area contributed by atoms with Crippen molar-refractivity contribution in [1.82, 2.24) is 0 Å². The number of unbranched alkanes of at least 4 members (excludes halogenated alkanes) is 1. The van der Waals surface area contributed by atoms with Crippen molar-refractivity contribution < 1.29 is 25.2 Å². The van der Waals surface area contributed by atoms with E-state index in [1.165, 1.54) is 9.75 Å². The number of aliphatic hydroxyl groups is 3. The third-order valence-electron chi connectivity index (χ3n) is 5.29. The van der Waals surface area contributed by atoms with Gasteiger partial charge in [0.2, 0.25) is 0 Å². The standard InChI is InChI=1S/C22H32O5S/c1-15-8-11-17(28-15)12-9-16(23)10-13-19-18(20(24)14-21(19)25)6-4-2-3-5-7-22(26)27/h2,4,8,10-11,13,16,18-21,23-25H,3,5-7,9,12,14H2,1H3,(H,26,27)/b4-2-,13-10+/t16?,18-,19-,20?,21?/m1/s1. The average molecular weight is 409 g/mol. The van der Waals surface area contributed by atoms with E-state index in [4.69, 9.17) is 5.11 Å². The Bertz CT molecular complexity index is 666. The van der Waals surface area contributed by atoms with Crippen LogP contribution in [0.5, 0.6) is 0 Å². The molecule has 1 aromatic heterocycles. The molecule has 1 aliphatic carbocycles. The van der Waals surface area contributed by atoms with Crippen molar-refractivity contribution in [1.29, 1.82) is 0 Å². The molecule has 0 amide bonds. The van der Waals surface area contributed by atoms with E-state index in [-0.39, 0.29) is 18.3 Å². The summed E-state index contributed by atoms with van der Waals surface area (Å²) in [4.78, 5) is 13.0. The minimum absolute atomic E-state index is 0.0888. The van der Waals surface area contributed by atoms with Crippen LogP contribution in [0.4, 0.5) is 0 Å². The van der Waals surface area contributed by atoms with E-state index in [1.807, 2.05) is 18.2 Å². The Morgan fingerprint density at radius 2 is 2.07 bits per heavy atom. The van der Waals surface area contributed by atoms with Crippen LogP contribution in [0.25, 0.3) is 0 Å². The minimum atomic E-state index is -0.791. The van der Waals surface area contributed by atoms with E-state index in [2.05, 4.69) is 19.1 Å². The van der Waals surface area contributed by atoms with Crippen LogP contribution in [0.3, 0.4) is 0 Å². The Morgan fingerprint density at radius 3 is 2.75 bits per heavy atom. The fraction of sp³-hybridized carbons (Fsp3) is 0.591. The van der Waals surface area contributed by atoms with Crippen molar-refractivity contribution >= 4 is 17.3 Å². The van der Waals surface area contributed by atoms with Crippen LogP contribution in [0.2, 0.25) is 0 Å². The molecule has 156 valence electrons. The molecule has 5 atom stereocenters. The highest BCUT2D eigenvalue weighted by Gasteiger charge is 2.39. The van der Waals surface area contributed by atoms with Crippen LogP contribution < -0.4 is 0 Å². The second-order valence-corrected chi connectivity index (χ2v) is 8.98. The highest BCUT2D eigenvalue weighted by Crippen LogP contribution is 2.36. The van der Waals surface area contributed by atoms with E-state index >= 15 is 0 Å². The Kier molecular flexibility index (Phi) is 9.38. The number of aryl methyl sites for hydroxylation is 2. The van der Waals surface area contributed by atoms with Gasteiger partial charge < -0.3 is 20.4 Å². The maximum absolute atomic E-state index is 10.5. The first kappa shape index (κ1) is 22.8. The lowest BCUT2D eigenvalue weighted by molar-refractivity contribution is -0.137. The van der Waals surface area contributed by atoms with Crippen molar-refractivity contribution in [2.45, 2.75) is 70.2 Å². The van der Waals surface area contributed by atoms with E-state index in [9.17, 15) is 20.1 Å². The quantitative estimate of drug-likeness (QED) is 0.332. The molecule has 5 nitrogen and oxygen atoms in total. The summed E-state index contributed by atoms with van der Waals surface area (Å²) in [6.07, 6.45) is 9.64. The molecule has 1 heterocycles. The number of aliphatic hydroxyl groups excluding tert-OH is 3. The van der Waals surface area contributed by atoms with Crippen molar-refractivity contribution in [2.24, 2.45) is 11.8 Å². The van der Waals surface area contributed by atoms with Crippen molar-refractivity contribution in [3.05, 3.63) is 46.2 Å². The van der Waals surface area contributed by atoms with Crippen molar-refractivity contribution in [3.8, 4) is 0 Å². The molecule has 6 heteroatoms. The monoisotopic (exact) mass is 408 g/mol. The maximum Gasteiger partial charge on any atom is 0.303 e. The molecule has 0 aliphatic heterocycles. The molecular formula is C22H32O5S. The van der Waals surface area contributed by atoms with Gasteiger partial charge in [0, 0.05) is 28.5 Å². The van der Waals surface area contributed by atoms with E-state index < -0.39 is 24.3 Å². The van der Waals surface area contributed by atoms with Crippen LogP contribution in [-0.4, -0.2) is 44.7 Å². The topological polar surface area (TPSA) is 98.0 Å². The summed E-state index contributed by atoms with van der Waals surface area (Å²) in [5, 5.41) is 39.4. The second-order valence-electron chi connectivity index (χ2n) is 7.61. The van der Waals surface area contributed by atoms with Crippen molar-refractivity contribution in [2.75, 3.05) is 0 Å². The molecule has 2 rings (SSSR count). The van der Waals surface area contributed by atoms with Crippen LogP contribution in [0.1, 0.15) is 48.3 Å². The summed E-state index contributed by atoms with van der Waals surface area (Å²) in [7, 11) is 0.